The summed E-state index contributed by atoms with van der Waals surface area (Å²) in [6, 6.07) is 14.9. The number of ether oxygens (including phenoxy) is 1. The number of benzene rings is 2. The van der Waals surface area contributed by atoms with E-state index in [9.17, 15) is 4.79 Å². The van der Waals surface area contributed by atoms with Crippen molar-refractivity contribution in [2.75, 3.05) is 75.6 Å². The Morgan fingerprint density at radius 3 is 2.31 bits per heavy atom. The van der Waals surface area contributed by atoms with Crippen molar-refractivity contribution >= 4 is 39.0 Å². The molecular weight excluding hydrogens is 470 g/mol. The maximum atomic E-state index is 12.8. The van der Waals surface area contributed by atoms with Crippen LogP contribution in [0.5, 0.6) is 5.75 Å². The van der Waals surface area contributed by atoms with Crippen LogP contribution in [0.2, 0.25) is 0 Å². The maximum Gasteiger partial charge on any atom is 0.321 e. The largest absolute Gasteiger partial charge is 0.495 e. The molecule has 2 aliphatic heterocycles. The minimum absolute atomic E-state index is 0.0420. The first-order valence-electron chi connectivity index (χ1n) is 11.1. The molecule has 7 nitrogen and oxygen atoms in total. The van der Waals surface area contributed by atoms with Crippen LogP contribution in [0.25, 0.3) is 0 Å². The van der Waals surface area contributed by atoms with Gasteiger partial charge in [-0.05, 0) is 72.8 Å². The van der Waals surface area contributed by atoms with Crippen molar-refractivity contribution in [2.45, 2.75) is 12.5 Å². The zero-order valence-corrected chi connectivity index (χ0v) is 20.6. The molecule has 2 fully saturated rings. The van der Waals surface area contributed by atoms with Crippen LogP contribution in [0.15, 0.2) is 46.9 Å². The van der Waals surface area contributed by atoms with Crippen LogP contribution in [0, 0.1) is 0 Å². The molecule has 1 N–H and O–H groups in total. The summed E-state index contributed by atoms with van der Waals surface area (Å²) in [6.45, 7) is 5.07. The second kappa shape index (κ2) is 10.0. The highest BCUT2D eigenvalue weighted by atomic mass is 79.9. The first kappa shape index (κ1) is 22.7. The summed E-state index contributed by atoms with van der Waals surface area (Å²) in [5.41, 5.74) is 3.16. The van der Waals surface area contributed by atoms with Gasteiger partial charge in [0, 0.05) is 68.4 Å². The second-order valence-corrected chi connectivity index (χ2v) is 9.48. The van der Waals surface area contributed by atoms with Gasteiger partial charge < -0.3 is 29.7 Å². The van der Waals surface area contributed by atoms with Crippen LogP contribution < -0.4 is 19.9 Å². The molecule has 2 amide bonds. The van der Waals surface area contributed by atoms with Gasteiger partial charge in [-0.1, -0.05) is 0 Å². The predicted molar refractivity (Wildman–Crippen MR) is 134 cm³/mol. The number of anilines is 3. The minimum atomic E-state index is -0.0420. The zero-order valence-electron chi connectivity index (χ0n) is 19.1. The molecule has 0 bridgehead atoms. The summed E-state index contributed by atoms with van der Waals surface area (Å²) in [7, 11) is 5.95. The fraction of sp³-hybridized carbons (Fsp3) is 0.458. The van der Waals surface area contributed by atoms with E-state index in [2.05, 4.69) is 68.2 Å². The highest BCUT2D eigenvalue weighted by molar-refractivity contribution is 9.10. The van der Waals surface area contributed by atoms with E-state index in [-0.39, 0.29) is 6.03 Å². The van der Waals surface area contributed by atoms with Gasteiger partial charge in [0.1, 0.15) is 5.75 Å². The molecule has 4 rings (SSSR count). The number of piperazine rings is 1. The number of rotatable bonds is 5. The quantitative estimate of drug-likeness (QED) is 0.671. The van der Waals surface area contributed by atoms with E-state index in [1.165, 1.54) is 12.1 Å². The van der Waals surface area contributed by atoms with E-state index in [4.69, 9.17) is 4.74 Å². The molecule has 8 heteroatoms. The molecule has 32 heavy (non-hydrogen) atoms. The van der Waals surface area contributed by atoms with E-state index in [1.807, 2.05) is 29.2 Å². The Morgan fingerprint density at radius 1 is 1.00 bits per heavy atom. The topological polar surface area (TPSA) is 51.3 Å². The predicted octanol–water partition coefficient (Wildman–Crippen LogP) is 3.95. The molecule has 1 atom stereocenters. The first-order chi connectivity index (χ1) is 15.4. The van der Waals surface area contributed by atoms with Crippen molar-refractivity contribution in [3.8, 4) is 5.75 Å². The fourth-order valence-corrected chi connectivity index (χ4v) is 4.78. The third-order valence-corrected chi connectivity index (χ3v) is 7.10. The zero-order chi connectivity index (χ0) is 22.7. The summed E-state index contributed by atoms with van der Waals surface area (Å²) in [5, 5.41) is 3.05. The Balaban J connectivity index is 1.29. The molecule has 0 radical (unpaired) electrons. The van der Waals surface area contributed by atoms with Gasteiger partial charge in [-0.15, -0.1) is 0 Å². The van der Waals surface area contributed by atoms with Crippen molar-refractivity contribution in [2.24, 2.45) is 0 Å². The van der Waals surface area contributed by atoms with Gasteiger partial charge in [-0.25, -0.2) is 4.79 Å². The number of carbonyl (C=O) groups is 1. The molecule has 2 saturated heterocycles. The summed E-state index contributed by atoms with van der Waals surface area (Å²) >= 11 is 3.50. The molecular formula is C24H32BrN5O2. The Bertz CT molecular complexity index is 928. The first-order valence-corrected chi connectivity index (χ1v) is 11.9. The van der Waals surface area contributed by atoms with E-state index in [0.717, 1.165) is 47.8 Å². The molecule has 172 valence electrons. The number of urea groups is 1. The van der Waals surface area contributed by atoms with Crippen LogP contribution in [0.4, 0.5) is 21.9 Å². The number of hydrogen-bond donors (Lipinski definition) is 1. The highest BCUT2D eigenvalue weighted by Crippen LogP contribution is 2.30. The number of nitrogens with zero attached hydrogens (tertiary/aromatic N) is 4. The van der Waals surface area contributed by atoms with Gasteiger partial charge >= 0.3 is 6.03 Å². The lowest BCUT2D eigenvalue weighted by molar-refractivity contribution is 0.208. The molecule has 2 heterocycles. The molecule has 2 aromatic carbocycles. The van der Waals surface area contributed by atoms with E-state index < -0.39 is 0 Å². The van der Waals surface area contributed by atoms with Crippen molar-refractivity contribution in [1.82, 2.24) is 9.80 Å². The van der Waals surface area contributed by atoms with Crippen LogP contribution >= 0.6 is 15.9 Å². The Kier molecular flexibility index (Phi) is 7.10. The van der Waals surface area contributed by atoms with Gasteiger partial charge in [-0.2, -0.15) is 0 Å². The fourth-order valence-electron chi connectivity index (χ4n) is 4.37. The molecule has 0 spiro atoms. The standard InChI is InChI=1S/C24H32BrN5O2/c1-27(2)21-10-11-30(17-21)19-6-4-18(5-7-19)26-24(31)29-14-12-28(13-15-29)20-8-9-22(25)23(16-20)32-3/h4-9,16,21H,10-15,17H2,1-3H3,(H,26,31). The number of halogens is 1. The number of likely N-dealkylation sites (N-methyl/N-ethyl adjacent to an activating group) is 1. The summed E-state index contributed by atoms with van der Waals surface area (Å²) in [5.74, 6) is 0.817. The van der Waals surface area contributed by atoms with Crippen LogP contribution in [0.1, 0.15) is 6.42 Å². The number of methoxy groups -OCH3 is 1. The molecule has 1 unspecified atom stereocenters. The van der Waals surface area contributed by atoms with Crippen molar-refractivity contribution in [3.63, 3.8) is 0 Å². The molecule has 0 aliphatic carbocycles. The van der Waals surface area contributed by atoms with Crippen molar-refractivity contribution in [1.29, 1.82) is 0 Å². The lowest BCUT2D eigenvalue weighted by Gasteiger charge is -2.36. The highest BCUT2D eigenvalue weighted by Gasteiger charge is 2.25. The van der Waals surface area contributed by atoms with Crippen LogP contribution in [0.3, 0.4) is 0 Å². The lowest BCUT2D eigenvalue weighted by Crippen LogP contribution is -2.50. The van der Waals surface area contributed by atoms with Crippen molar-refractivity contribution in [3.05, 3.63) is 46.9 Å². The summed E-state index contributed by atoms with van der Waals surface area (Å²) < 4.78 is 6.35. The number of amides is 2. The third kappa shape index (κ3) is 5.13. The van der Waals surface area contributed by atoms with Crippen molar-refractivity contribution < 1.29 is 9.53 Å². The summed E-state index contributed by atoms with van der Waals surface area (Å²) in [4.78, 5) is 21.6. The maximum absolute atomic E-state index is 12.8. The molecule has 0 aromatic heterocycles. The van der Waals surface area contributed by atoms with Gasteiger partial charge in [0.25, 0.3) is 0 Å². The minimum Gasteiger partial charge on any atom is -0.495 e. The monoisotopic (exact) mass is 501 g/mol. The number of hydrogen-bond acceptors (Lipinski definition) is 5. The Labute approximate surface area is 199 Å². The van der Waals surface area contributed by atoms with Gasteiger partial charge in [0.05, 0.1) is 11.6 Å². The summed E-state index contributed by atoms with van der Waals surface area (Å²) in [6.07, 6.45) is 1.19. The van der Waals surface area contributed by atoms with Gasteiger partial charge in [-0.3, -0.25) is 0 Å². The van der Waals surface area contributed by atoms with Crippen LogP contribution in [-0.4, -0.2) is 82.3 Å². The average Bonchev–Trinajstić information content (AvgIpc) is 3.31. The van der Waals surface area contributed by atoms with Crippen LogP contribution in [-0.2, 0) is 0 Å². The normalized spacial score (nSPS) is 18.9. The Hall–Kier alpha value is -2.45. The molecule has 2 aromatic rings. The van der Waals surface area contributed by atoms with E-state index in [0.29, 0.717) is 19.1 Å². The molecule has 0 saturated carbocycles. The second-order valence-electron chi connectivity index (χ2n) is 8.62. The lowest BCUT2D eigenvalue weighted by atomic mass is 10.2. The SMILES string of the molecule is COc1cc(N2CCN(C(=O)Nc3ccc(N4CCC(N(C)C)C4)cc3)CC2)ccc1Br. The Morgan fingerprint density at radius 2 is 1.69 bits per heavy atom. The third-order valence-electron chi connectivity index (χ3n) is 6.44. The van der Waals surface area contributed by atoms with E-state index >= 15 is 0 Å². The smallest absolute Gasteiger partial charge is 0.321 e. The number of carbonyl (C=O) groups excluding carboxylic acids is 1. The van der Waals surface area contributed by atoms with Gasteiger partial charge in [0.2, 0.25) is 0 Å². The van der Waals surface area contributed by atoms with E-state index in [1.54, 1.807) is 7.11 Å². The number of nitrogens with one attached hydrogen (secondary N) is 1. The van der Waals surface area contributed by atoms with Gasteiger partial charge in [0.15, 0.2) is 0 Å². The molecule has 2 aliphatic rings. The average molecular weight is 502 g/mol.